The number of piperidine rings is 1. The molecular weight excluding hydrogens is 516 g/mol. The van der Waals surface area contributed by atoms with E-state index < -0.39 is 0 Å². The van der Waals surface area contributed by atoms with Crippen molar-refractivity contribution in [1.29, 1.82) is 0 Å². The van der Waals surface area contributed by atoms with Crippen LogP contribution in [0, 0.1) is 19.8 Å². The van der Waals surface area contributed by atoms with Gasteiger partial charge >= 0.3 is 0 Å². The van der Waals surface area contributed by atoms with Gasteiger partial charge in [-0.1, -0.05) is 0 Å². The van der Waals surface area contributed by atoms with E-state index in [4.69, 9.17) is 15.6 Å². The number of imidazole rings is 1. The Labute approximate surface area is 238 Å². The number of pyridine rings is 2. The van der Waals surface area contributed by atoms with Gasteiger partial charge in [0.05, 0.1) is 23.3 Å². The van der Waals surface area contributed by atoms with E-state index in [0.29, 0.717) is 37.1 Å². The molecule has 212 valence electrons. The van der Waals surface area contributed by atoms with Crippen molar-refractivity contribution >= 4 is 22.3 Å². The normalized spacial score (nSPS) is 17.5. The summed E-state index contributed by atoms with van der Waals surface area (Å²) in [4.78, 5) is 24.1. The van der Waals surface area contributed by atoms with Gasteiger partial charge in [-0.25, -0.2) is 14.5 Å². The van der Waals surface area contributed by atoms with E-state index in [2.05, 4.69) is 32.1 Å². The largest absolute Gasteiger partial charge is 0.474 e. The Bertz CT molecular complexity index is 1740. The van der Waals surface area contributed by atoms with Gasteiger partial charge in [0, 0.05) is 61.4 Å². The minimum absolute atomic E-state index is 0.0124. The van der Waals surface area contributed by atoms with E-state index >= 15 is 0 Å². The first-order chi connectivity index (χ1) is 20.0. The Morgan fingerprint density at radius 1 is 1.12 bits per heavy atom. The smallest absolute Gasteiger partial charge is 0.255 e. The van der Waals surface area contributed by atoms with Crippen LogP contribution in [0.1, 0.15) is 47.4 Å². The number of aromatic nitrogens is 6. The summed E-state index contributed by atoms with van der Waals surface area (Å²) in [6, 6.07) is 8.20. The predicted molar refractivity (Wildman–Crippen MR) is 157 cm³/mol. The van der Waals surface area contributed by atoms with Crippen LogP contribution in [-0.4, -0.2) is 65.3 Å². The molecule has 1 saturated heterocycles. The van der Waals surface area contributed by atoms with Crippen LogP contribution in [0.25, 0.3) is 27.8 Å². The molecule has 10 heteroatoms. The second-order valence-corrected chi connectivity index (χ2v) is 11.5. The minimum Gasteiger partial charge on any atom is -0.474 e. The van der Waals surface area contributed by atoms with Crippen LogP contribution in [0.4, 0.5) is 0 Å². The number of carbonyl (C=O) groups is 1. The molecule has 1 aliphatic heterocycles. The Morgan fingerprint density at radius 3 is 2.78 bits per heavy atom. The molecule has 0 radical (unpaired) electrons. The number of amides is 1. The molecule has 0 spiro atoms. The van der Waals surface area contributed by atoms with Gasteiger partial charge in [-0.2, -0.15) is 5.10 Å². The van der Waals surface area contributed by atoms with Crippen LogP contribution in [0.5, 0.6) is 5.88 Å². The SMILES string of the molecule is Cc1c(-c2cc3ccnc(OCCn4ccnc4C)c3n2CC2CC2)nn2cc(C(=O)N3CCC[C@@H](N)C3)ccc12. The van der Waals surface area contributed by atoms with Crippen molar-refractivity contribution in [2.45, 2.75) is 58.7 Å². The number of hydrogen-bond acceptors (Lipinski definition) is 6. The number of hydrogen-bond donors (Lipinski definition) is 1. The van der Waals surface area contributed by atoms with Crippen molar-refractivity contribution in [1.82, 2.24) is 33.6 Å². The van der Waals surface area contributed by atoms with Gasteiger partial charge in [0.15, 0.2) is 0 Å². The lowest BCUT2D eigenvalue weighted by Crippen LogP contribution is -2.45. The monoisotopic (exact) mass is 552 g/mol. The third kappa shape index (κ3) is 4.86. The first-order valence-corrected chi connectivity index (χ1v) is 14.6. The highest BCUT2D eigenvalue weighted by Gasteiger charge is 2.28. The fraction of sp³-hybridized carbons (Fsp3) is 0.419. The maximum Gasteiger partial charge on any atom is 0.255 e. The Kier molecular flexibility index (Phi) is 6.50. The zero-order chi connectivity index (χ0) is 28.1. The van der Waals surface area contributed by atoms with E-state index in [-0.39, 0.29) is 11.9 Å². The van der Waals surface area contributed by atoms with Crippen LogP contribution in [0.15, 0.2) is 49.1 Å². The van der Waals surface area contributed by atoms with Crippen molar-refractivity contribution in [2.75, 3.05) is 19.7 Å². The molecule has 5 aromatic heterocycles. The highest BCUT2D eigenvalue weighted by Crippen LogP contribution is 2.39. The molecule has 0 unspecified atom stereocenters. The summed E-state index contributed by atoms with van der Waals surface area (Å²) < 4.78 is 12.5. The highest BCUT2D eigenvalue weighted by atomic mass is 16.5. The number of nitrogens with two attached hydrogens (primary N) is 1. The van der Waals surface area contributed by atoms with E-state index in [1.807, 2.05) is 53.1 Å². The summed E-state index contributed by atoms with van der Waals surface area (Å²) in [5, 5.41) is 6.12. The minimum atomic E-state index is 0.0124. The average Bonchev–Trinajstić information content (AvgIpc) is 3.46. The molecule has 7 rings (SSSR count). The maximum atomic E-state index is 13.3. The van der Waals surface area contributed by atoms with Crippen LogP contribution in [-0.2, 0) is 13.1 Å². The van der Waals surface area contributed by atoms with Gasteiger partial charge in [-0.3, -0.25) is 4.79 Å². The Morgan fingerprint density at radius 2 is 2.00 bits per heavy atom. The van der Waals surface area contributed by atoms with Gasteiger partial charge in [0.25, 0.3) is 5.91 Å². The summed E-state index contributed by atoms with van der Waals surface area (Å²) in [6.45, 7) is 7.54. The molecule has 6 heterocycles. The lowest BCUT2D eigenvalue weighted by Gasteiger charge is -2.30. The van der Waals surface area contributed by atoms with Crippen molar-refractivity contribution in [3.63, 3.8) is 0 Å². The first-order valence-electron chi connectivity index (χ1n) is 14.6. The fourth-order valence-electron chi connectivity index (χ4n) is 6.03. The lowest BCUT2D eigenvalue weighted by molar-refractivity contribution is 0.0708. The molecular formula is C31H36N8O2. The molecule has 0 aromatic carbocycles. The molecule has 1 saturated carbocycles. The zero-order valence-corrected chi connectivity index (χ0v) is 23.7. The number of aryl methyl sites for hydroxylation is 2. The standard InChI is InChI=1S/C31H36N8O2/c1-20-26-8-7-24(31(40)37-12-3-4-25(32)19-37)18-39(26)35-28(20)27-16-23-9-10-34-30(29(23)38(27)17-22-5-6-22)41-15-14-36-13-11-33-21(36)2/h7-11,13,16,18,22,25H,3-6,12,14-15,17,19,32H2,1-2H3/t25-/m1/s1. The highest BCUT2D eigenvalue weighted by molar-refractivity contribution is 5.95. The van der Waals surface area contributed by atoms with Crippen LogP contribution < -0.4 is 10.5 Å². The summed E-state index contributed by atoms with van der Waals surface area (Å²) in [7, 11) is 0. The Hall–Kier alpha value is -4.18. The molecule has 0 bridgehead atoms. The number of ether oxygens (including phenoxy) is 1. The maximum absolute atomic E-state index is 13.3. The quantitative estimate of drug-likeness (QED) is 0.309. The summed E-state index contributed by atoms with van der Waals surface area (Å²) >= 11 is 0. The van der Waals surface area contributed by atoms with Gasteiger partial charge in [0.2, 0.25) is 5.88 Å². The number of likely N-dealkylation sites (tertiary alicyclic amines) is 1. The second-order valence-electron chi connectivity index (χ2n) is 11.5. The third-order valence-electron chi connectivity index (χ3n) is 8.52. The zero-order valence-electron chi connectivity index (χ0n) is 23.7. The average molecular weight is 553 g/mol. The molecule has 1 aliphatic carbocycles. The van der Waals surface area contributed by atoms with E-state index in [9.17, 15) is 4.79 Å². The molecule has 41 heavy (non-hydrogen) atoms. The van der Waals surface area contributed by atoms with Crippen molar-refractivity contribution in [3.05, 3.63) is 66.0 Å². The molecule has 1 amide bonds. The summed E-state index contributed by atoms with van der Waals surface area (Å²) in [5.41, 5.74) is 11.8. The molecule has 10 nitrogen and oxygen atoms in total. The van der Waals surface area contributed by atoms with Gasteiger partial charge < -0.3 is 24.5 Å². The topological polar surface area (TPSA) is 108 Å². The number of nitrogens with zero attached hydrogens (tertiary/aromatic N) is 7. The number of rotatable bonds is 8. The third-order valence-corrected chi connectivity index (χ3v) is 8.52. The van der Waals surface area contributed by atoms with Crippen LogP contribution in [0.2, 0.25) is 0 Å². The van der Waals surface area contributed by atoms with Crippen LogP contribution in [0.3, 0.4) is 0 Å². The van der Waals surface area contributed by atoms with Crippen LogP contribution >= 0.6 is 0 Å². The lowest BCUT2D eigenvalue weighted by atomic mass is 10.1. The van der Waals surface area contributed by atoms with Crippen molar-refractivity contribution in [2.24, 2.45) is 11.7 Å². The van der Waals surface area contributed by atoms with Crippen molar-refractivity contribution < 1.29 is 9.53 Å². The van der Waals surface area contributed by atoms with Crippen molar-refractivity contribution in [3.8, 4) is 17.3 Å². The van der Waals surface area contributed by atoms with Gasteiger partial charge in [-0.05, 0) is 69.7 Å². The fourth-order valence-corrected chi connectivity index (χ4v) is 6.03. The van der Waals surface area contributed by atoms with E-state index in [1.165, 1.54) is 12.8 Å². The molecule has 1 atom stereocenters. The van der Waals surface area contributed by atoms with Gasteiger partial charge in [-0.15, -0.1) is 0 Å². The molecule has 2 fully saturated rings. The molecule has 2 N–H and O–H groups in total. The Balaban J connectivity index is 1.24. The summed E-state index contributed by atoms with van der Waals surface area (Å²) in [5.74, 6) is 2.26. The number of carbonyl (C=O) groups excluding carboxylic acids is 1. The summed E-state index contributed by atoms with van der Waals surface area (Å²) in [6.07, 6.45) is 11.8. The van der Waals surface area contributed by atoms with Gasteiger partial charge in [0.1, 0.15) is 23.6 Å². The second kappa shape index (κ2) is 10.3. The molecule has 5 aromatic rings. The number of fused-ring (bicyclic) bond motifs is 2. The predicted octanol–water partition coefficient (Wildman–Crippen LogP) is 4.22. The first kappa shape index (κ1) is 25.8. The van der Waals surface area contributed by atoms with E-state index in [1.54, 1.807) is 6.20 Å². The molecule has 2 aliphatic rings. The van der Waals surface area contributed by atoms with E-state index in [0.717, 1.165) is 65.1 Å².